The molecule has 2 aromatic carbocycles. The van der Waals surface area contributed by atoms with Crippen LogP contribution >= 0.6 is 0 Å². The Balaban J connectivity index is 1.55. The molecule has 0 radical (unpaired) electrons. The predicted molar refractivity (Wildman–Crippen MR) is 111 cm³/mol. The van der Waals surface area contributed by atoms with E-state index in [2.05, 4.69) is 5.32 Å². The third-order valence-electron chi connectivity index (χ3n) is 5.40. The zero-order valence-electron chi connectivity index (χ0n) is 17.2. The highest BCUT2D eigenvalue weighted by Crippen LogP contribution is 2.25. The van der Waals surface area contributed by atoms with Crippen molar-refractivity contribution in [3.63, 3.8) is 0 Å². The van der Waals surface area contributed by atoms with Crippen molar-refractivity contribution in [1.29, 1.82) is 0 Å². The average Bonchev–Trinajstić information content (AvgIpc) is 2.74. The van der Waals surface area contributed by atoms with Crippen LogP contribution in [0.3, 0.4) is 0 Å². The molecule has 1 aliphatic heterocycles. The number of rotatable bonds is 6. The summed E-state index contributed by atoms with van der Waals surface area (Å²) < 4.78 is 10.6. The first-order chi connectivity index (χ1) is 14.0. The number of carbonyl (C=O) groups excluding carboxylic acids is 2. The fourth-order valence-corrected chi connectivity index (χ4v) is 3.66. The molecule has 154 valence electrons. The van der Waals surface area contributed by atoms with Crippen molar-refractivity contribution < 1.29 is 19.1 Å². The number of piperidine rings is 1. The maximum Gasteiger partial charge on any atom is 0.251 e. The zero-order chi connectivity index (χ0) is 20.8. The van der Waals surface area contributed by atoms with E-state index in [0.29, 0.717) is 30.2 Å². The van der Waals surface area contributed by atoms with Crippen LogP contribution in [-0.2, 0) is 11.2 Å². The first-order valence-corrected chi connectivity index (χ1v) is 9.87. The molecule has 1 N–H and O–H groups in total. The van der Waals surface area contributed by atoms with E-state index in [4.69, 9.17) is 9.47 Å². The van der Waals surface area contributed by atoms with Gasteiger partial charge in [0.15, 0.2) is 0 Å². The van der Waals surface area contributed by atoms with Crippen molar-refractivity contribution in [3.8, 4) is 11.5 Å². The molecule has 0 spiro atoms. The number of ether oxygens (including phenoxy) is 2. The summed E-state index contributed by atoms with van der Waals surface area (Å²) in [6, 6.07) is 13.1. The minimum absolute atomic E-state index is 0.0472. The van der Waals surface area contributed by atoms with Gasteiger partial charge in [0.25, 0.3) is 5.91 Å². The summed E-state index contributed by atoms with van der Waals surface area (Å²) >= 11 is 0. The summed E-state index contributed by atoms with van der Waals surface area (Å²) in [5.74, 6) is 1.39. The number of hydrogen-bond donors (Lipinski definition) is 1. The van der Waals surface area contributed by atoms with Gasteiger partial charge in [0.05, 0.1) is 20.6 Å². The van der Waals surface area contributed by atoms with Gasteiger partial charge in [-0.1, -0.05) is 18.2 Å². The van der Waals surface area contributed by atoms with Crippen LogP contribution in [0.25, 0.3) is 0 Å². The minimum Gasteiger partial charge on any atom is -0.497 e. The van der Waals surface area contributed by atoms with E-state index in [1.54, 1.807) is 14.2 Å². The monoisotopic (exact) mass is 396 g/mol. The van der Waals surface area contributed by atoms with Gasteiger partial charge < -0.3 is 19.7 Å². The summed E-state index contributed by atoms with van der Waals surface area (Å²) in [5.41, 5.74) is 2.48. The predicted octanol–water partition coefficient (Wildman–Crippen LogP) is 2.98. The molecule has 0 saturated carbocycles. The van der Waals surface area contributed by atoms with Gasteiger partial charge >= 0.3 is 0 Å². The van der Waals surface area contributed by atoms with E-state index in [-0.39, 0.29) is 24.3 Å². The third-order valence-corrected chi connectivity index (χ3v) is 5.40. The number of aryl methyl sites for hydroxylation is 1. The quantitative estimate of drug-likeness (QED) is 0.815. The number of amides is 2. The average molecular weight is 396 g/mol. The Hall–Kier alpha value is -3.02. The van der Waals surface area contributed by atoms with E-state index in [0.717, 1.165) is 24.0 Å². The van der Waals surface area contributed by atoms with Gasteiger partial charge in [-0.25, -0.2) is 0 Å². The molecular weight excluding hydrogens is 368 g/mol. The van der Waals surface area contributed by atoms with Crippen LogP contribution in [0.5, 0.6) is 11.5 Å². The lowest BCUT2D eigenvalue weighted by Crippen LogP contribution is -2.47. The molecule has 3 rings (SSSR count). The van der Waals surface area contributed by atoms with Gasteiger partial charge in [0, 0.05) is 30.3 Å². The molecule has 1 heterocycles. The number of carbonyl (C=O) groups is 2. The Morgan fingerprint density at radius 3 is 2.45 bits per heavy atom. The molecule has 6 heteroatoms. The summed E-state index contributed by atoms with van der Waals surface area (Å²) in [7, 11) is 3.20. The van der Waals surface area contributed by atoms with Crippen molar-refractivity contribution >= 4 is 11.8 Å². The van der Waals surface area contributed by atoms with E-state index in [1.165, 1.54) is 0 Å². The normalized spacial score (nSPS) is 14.4. The Bertz CT molecular complexity index is 873. The number of methoxy groups -OCH3 is 2. The van der Waals surface area contributed by atoms with Crippen LogP contribution in [0, 0.1) is 6.92 Å². The Morgan fingerprint density at radius 2 is 1.79 bits per heavy atom. The number of likely N-dealkylation sites (tertiary alicyclic amines) is 1. The first kappa shape index (κ1) is 20.7. The Labute approximate surface area is 171 Å². The maximum atomic E-state index is 12.8. The first-order valence-electron chi connectivity index (χ1n) is 9.87. The summed E-state index contributed by atoms with van der Waals surface area (Å²) in [5, 5.41) is 3.11. The standard InChI is InChI=1S/C23H28N2O4/c1-16-6-4-5-7-20(16)23(27)24-18-10-12-25(13-11-18)22(26)15-17-14-19(28-2)8-9-21(17)29-3/h4-9,14,18H,10-13,15H2,1-3H3,(H,24,27). The lowest BCUT2D eigenvalue weighted by atomic mass is 10.0. The van der Waals surface area contributed by atoms with Crippen LogP contribution in [0.4, 0.5) is 0 Å². The van der Waals surface area contributed by atoms with Crippen molar-refractivity contribution in [2.24, 2.45) is 0 Å². The number of benzene rings is 2. The molecule has 1 saturated heterocycles. The molecule has 29 heavy (non-hydrogen) atoms. The smallest absolute Gasteiger partial charge is 0.251 e. The highest BCUT2D eigenvalue weighted by atomic mass is 16.5. The van der Waals surface area contributed by atoms with Gasteiger partial charge in [-0.3, -0.25) is 9.59 Å². The second-order valence-corrected chi connectivity index (χ2v) is 7.30. The van der Waals surface area contributed by atoms with Crippen molar-refractivity contribution in [2.75, 3.05) is 27.3 Å². The SMILES string of the molecule is COc1ccc(OC)c(CC(=O)N2CCC(NC(=O)c3ccccc3C)CC2)c1. The maximum absolute atomic E-state index is 12.8. The van der Waals surface area contributed by atoms with Crippen molar-refractivity contribution in [2.45, 2.75) is 32.2 Å². The molecule has 0 unspecified atom stereocenters. The largest absolute Gasteiger partial charge is 0.497 e. The van der Waals surface area contributed by atoms with Gasteiger partial charge in [0.1, 0.15) is 11.5 Å². The van der Waals surface area contributed by atoms with Crippen LogP contribution in [0.2, 0.25) is 0 Å². The molecule has 0 atom stereocenters. The highest BCUT2D eigenvalue weighted by molar-refractivity contribution is 5.95. The van der Waals surface area contributed by atoms with Crippen LogP contribution in [0.15, 0.2) is 42.5 Å². The summed E-state index contributed by atoms with van der Waals surface area (Å²) in [6.07, 6.45) is 1.76. The lowest BCUT2D eigenvalue weighted by molar-refractivity contribution is -0.131. The van der Waals surface area contributed by atoms with Gasteiger partial charge in [-0.15, -0.1) is 0 Å². The second-order valence-electron chi connectivity index (χ2n) is 7.30. The Morgan fingerprint density at radius 1 is 1.07 bits per heavy atom. The fraction of sp³-hybridized carbons (Fsp3) is 0.391. The molecule has 0 aromatic heterocycles. The molecule has 1 fully saturated rings. The minimum atomic E-state index is -0.0472. The highest BCUT2D eigenvalue weighted by Gasteiger charge is 2.25. The summed E-state index contributed by atoms with van der Waals surface area (Å²) in [6.45, 7) is 3.19. The molecule has 6 nitrogen and oxygen atoms in total. The molecular formula is C23H28N2O4. The molecule has 2 aromatic rings. The lowest BCUT2D eigenvalue weighted by Gasteiger charge is -2.32. The zero-order valence-corrected chi connectivity index (χ0v) is 17.2. The topological polar surface area (TPSA) is 67.9 Å². The van der Waals surface area contributed by atoms with Crippen LogP contribution in [-0.4, -0.2) is 50.1 Å². The molecule has 0 bridgehead atoms. The summed E-state index contributed by atoms with van der Waals surface area (Å²) in [4.78, 5) is 27.1. The van der Waals surface area contributed by atoms with Gasteiger partial charge in [-0.2, -0.15) is 0 Å². The Kier molecular flexibility index (Phi) is 6.75. The van der Waals surface area contributed by atoms with E-state index in [9.17, 15) is 9.59 Å². The second kappa shape index (κ2) is 9.45. The van der Waals surface area contributed by atoms with Crippen LogP contribution < -0.4 is 14.8 Å². The number of nitrogens with zero attached hydrogens (tertiary/aromatic N) is 1. The molecule has 0 aliphatic carbocycles. The number of nitrogens with one attached hydrogen (secondary N) is 1. The third kappa shape index (κ3) is 5.08. The van der Waals surface area contributed by atoms with E-state index >= 15 is 0 Å². The fourth-order valence-electron chi connectivity index (χ4n) is 3.66. The molecule has 2 amide bonds. The van der Waals surface area contributed by atoms with E-state index in [1.807, 2.05) is 54.3 Å². The van der Waals surface area contributed by atoms with Crippen LogP contribution in [0.1, 0.15) is 34.3 Å². The van der Waals surface area contributed by atoms with Crippen molar-refractivity contribution in [3.05, 3.63) is 59.2 Å². The van der Waals surface area contributed by atoms with Gasteiger partial charge in [0.2, 0.25) is 5.91 Å². The van der Waals surface area contributed by atoms with Crippen molar-refractivity contribution in [1.82, 2.24) is 10.2 Å². The molecule has 1 aliphatic rings. The number of hydrogen-bond acceptors (Lipinski definition) is 4. The van der Waals surface area contributed by atoms with E-state index < -0.39 is 0 Å². The van der Waals surface area contributed by atoms with Gasteiger partial charge in [-0.05, 0) is 49.6 Å².